The van der Waals surface area contributed by atoms with E-state index >= 15 is 0 Å². The monoisotopic (exact) mass is 1220 g/mol. The lowest BCUT2D eigenvalue weighted by Gasteiger charge is -2.59. The predicted molar refractivity (Wildman–Crippen MR) is 333 cm³/mol. The number of nitrogens with one attached hydrogen (secondary N) is 1. The van der Waals surface area contributed by atoms with Crippen LogP contribution >= 0.6 is 27.3 Å². The topological polar surface area (TPSA) is 162 Å². The molecule has 0 unspecified atom stereocenters. The van der Waals surface area contributed by atoms with Crippen molar-refractivity contribution < 1.29 is 42.9 Å². The zero-order valence-corrected chi connectivity index (χ0v) is 52.3. The van der Waals surface area contributed by atoms with Crippen LogP contribution in [0.4, 0.5) is 10.9 Å². The molecule has 1 amide bonds. The van der Waals surface area contributed by atoms with E-state index in [4.69, 9.17) is 28.7 Å². The molecule has 0 radical (unpaired) electrons. The molecule has 2 saturated heterocycles. The molecule has 0 bridgehead atoms. The smallest absolute Gasteiger partial charge is 0.358 e. The summed E-state index contributed by atoms with van der Waals surface area (Å²) in [6.45, 7) is 21.8. The van der Waals surface area contributed by atoms with Crippen molar-refractivity contribution in [1.29, 1.82) is 0 Å². The molecule has 2 spiro atoms. The molecule has 0 atom stereocenters. The van der Waals surface area contributed by atoms with Gasteiger partial charge in [0.2, 0.25) is 0 Å². The number of thiazole rings is 1. The van der Waals surface area contributed by atoms with E-state index in [0.29, 0.717) is 84.8 Å². The number of carbonyl (C=O) groups excluding carboxylic acids is 4. The first-order valence-electron chi connectivity index (χ1n) is 30.0. The fourth-order valence-electron chi connectivity index (χ4n) is 13.4. The van der Waals surface area contributed by atoms with Crippen LogP contribution in [0.15, 0.2) is 95.5 Å². The molecule has 2 aromatic heterocycles. The Balaban J connectivity index is 0.000000262. The first-order chi connectivity index (χ1) is 40.4. The Morgan fingerprint density at radius 2 is 1.30 bits per heavy atom. The molecule has 2 aliphatic carbocycles. The van der Waals surface area contributed by atoms with Gasteiger partial charge in [-0.25, -0.2) is 14.8 Å². The largest absolute Gasteiger partial charge is 0.493 e. The maximum absolute atomic E-state index is 13.9. The highest BCUT2D eigenvalue weighted by molar-refractivity contribution is 9.10. The van der Waals surface area contributed by atoms with Gasteiger partial charge in [0, 0.05) is 60.4 Å². The number of anilines is 2. The van der Waals surface area contributed by atoms with Crippen LogP contribution in [0, 0.1) is 36.5 Å². The Hall–Kier alpha value is -6.40. The molecule has 15 nitrogen and oxygen atoms in total. The van der Waals surface area contributed by atoms with Crippen LogP contribution in [-0.4, -0.2) is 121 Å². The molecular formula is C67H81BrN6O9S. The van der Waals surface area contributed by atoms with Gasteiger partial charge in [-0.05, 0) is 200 Å². The number of carbonyl (C=O) groups is 4. The van der Waals surface area contributed by atoms with Gasteiger partial charge in [0.15, 0.2) is 10.8 Å². The third-order valence-corrected chi connectivity index (χ3v) is 18.9. The number of esters is 3. The summed E-state index contributed by atoms with van der Waals surface area (Å²) in [7, 11) is 0. The number of nitrogens with zero attached hydrogens (tertiary/aromatic N) is 5. The van der Waals surface area contributed by atoms with E-state index in [-0.39, 0.29) is 23.5 Å². The minimum Gasteiger partial charge on any atom is -0.493 e. The van der Waals surface area contributed by atoms with E-state index in [1.807, 2.05) is 126 Å². The molecular weight excluding hydrogens is 1140 g/mol. The summed E-state index contributed by atoms with van der Waals surface area (Å²) >= 11 is 4.99. The second-order valence-electron chi connectivity index (χ2n) is 24.8. The molecule has 4 aromatic carbocycles. The van der Waals surface area contributed by atoms with Crippen molar-refractivity contribution in [3.8, 4) is 22.6 Å². The van der Waals surface area contributed by atoms with Gasteiger partial charge in [0.25, 0.3) is 5.91 Å². The van der Waals surface area contributed by atoms with E-state index in [1.54, 1.807) is 0 Å². The number of ether oxygens (including phenoxy) is 5. The van der Waals surface area contributed by atoms with Crippen molar-refractivity contribution in [1.82, 2.24) is 19.8 Å². The quantitative estimate of drug-likeness (QED) is 0.0411. The highest BCUT2D eigenvalue weighted by Crippen LogP contribution is 2.54. The Kier molecular flexibility index (Phi) is 19.1. The standard InChI is InChI=1S/C47H53N5O6S.C20H28BrNO3/c1-6-56-41(53)27-51-28-47(29-51)24-31(25-47)12-11-23-57-38-17-10-14-33(30(38)2)34-19-20-40(49-42(34)44(55)58-46(3,4)5)52-22-21-32-13-9-15-35(36(32)26-52)43(54)50-45-48-37-16-7-8-18-39(37)59-45;1-3-24-19(23)12-22-13-20(14-22)10-16(11-20)6-5-9-25-18-8-4-7-17(21)15(18)2/h7-10,13-20,31H,6,11-12,21-29H2,1-5H3,(H,48,50,54);4,7-8,16H,3,5-6,9-14H2,1-2H3. The summed E-state index contributed by atoms with van der Waals surface area (Å²) in [5.74, 6) is 3.00. The highest BCUT2D eigenvalue weighted by atomic mass is 79.9. The van der Waals surface area contributed by atoms with E-state index in [9.17, 15) is 19.2 Å². The normalized spacial score (nSPS) is 17.2. The van der Waals surface area contributed by atoms with Crippen LogP contribution in [0.1, 0.15) is 129 Å². The summed E-state index contributed by atoms with van der Waals surface area (Å²) in [6, 6.07) is 29.6. The van der Waals surface area contributed by atoms with Crippen LogP contribution in [0.2, 0.25) is 0 Å². The second-order valence-corrected chi connectivity index (χ2v) is 26.7. The van der Waals surface area contributed by atoms with Crippen LogP contribution in [-0.2, 0) is 36.8 Å². The molecule has 6 aromatic rings. The van der Waals surface area contributed by atoms with Gasteiger partial charge < -0.3 is 28.6 Å². The Labute approximate surface area is 507 Å². The van der Waals surface area contributed by atoms with Crippen molar-refractivity contribution in [2.24, 2.45) is 22.7 Å². The van der Waals surface area contributed by atoms with Gasteiger partial charge in [0.05, 0.1) is 49.7 Å². The van der Waals surface area contributed by atoms with Crippen molar-refractivity contribution in [2.75, 3.05) is 82.5 Å². The molecule has 5 heterocycles. The molecule has 5 aliphatic rings. The SMILES string of the molecule is CCOC(=O)CN1CC2(CC(CCCOc3cccc(-c4ccc(N5CCc6cccc(C(=O)Nc7nc8ccccc8s7)c6C5)nc4C(=O)OC(C)(C)C)c3C)C2)C1.CCOC(=O)CN1CC2(CC(CCCOc3cccc(Br)c3C)C2)C1. The maximum atomic E-state index is 13.9. The zero-order chi connectivity index (χ0) is 59.2. The molecule has 2 saturated carbocycles. The lowest BCUT2D eigenvalue weighted by molar-refractivity contribution is -0.154. The van der Waals surface area contributed by atoms with Gasteiger partial charge in [0.1, 0.15) is 22.9 Å². The van der Waals surface area contributed by atoms with E-state index < -0.39 is 11.6 Å². The van der Waals surface area contributed by atoms with Gasteiger partial charge >= 0.3 is 17.9 Å². The zero-order valence-electron chi connectivity index (χ0n) is 49.9. The maximum Gasteiger partial charge on any atom is 0.358 e. The fourth-order valence-corrected chi connectivity index (χ4v) is 14.6. The number of hydrogen-bond donors (Lipinski definition) is 1. The third-order valence-electron chi connectivity index (χ3n) is 17.1. The number of fused-ring (bicyclic) bond motifs is 2. The summed E-state index contributed by atoms with van der Waals surface area (Å²) in [6.07, 6.45) is 10.2. The van der Waals surface area contributed by atoms with Crippen LogP contribution in [0.5, 0.6) is 11.5 Å². The summed E-state index contributed by atoms with van der Waals surface area (Å²) in [5, 5.41) is 3.58. The van der Waals surface area contributed by atoms with E-state index in [1.165, 1.54) is 49.0 Å². The number of halogens is 1. The number of likely N-dealkylation sites (tertiary alicyclic amines) is 2. The lowest BCUT2D eigenvalue weighted by Crippen LogP contribution is -2.63. The Bertz CT molecular complexity index is 3300. The average Bonchev–Trinajstić information content (AvgIpc) is 1.12. The molecule has 4 fully saturated rings. The minimum absolute atomic E-state index is 0.0896. The van der Waals surface area contributed by atoms with Crippen molar-refractivity contribution in [2.45, 2.75) is 118 Å². The predicted octanol–water partition coefficient (Wildman–Crippen LogP) is 13.1. The van der Waals surface area contributed by atoms with Gasteiger partial charge in [-0.15, -0.1) is 0 Å². The molecule has 11 rings (SSSR count). The first-order valence-corrected chi connectivity index (χ1v) is 31.6. The fraction of sp³-hybridized carbons (Fsp3) is 0.493. The molecule has 84 heavy (non-hydrogen) atoms. The lowest BCUT2D eigenvalue weighted by atomic mass is 9.57. The number of amides is 1. The first kappa shape index (κ1) is 60.7. The van der Waals surface area contributed by atoms with Gasteiger partial charge in [-0.1, -0.05) is 69.7 Å². The third kappa shape index (κ3) is 14.6. The molecule has 446 valence electrons. The van der Waals surface area contributed by atoms with Crippen molar-refractivity contribution >= 4 is 72.2 Å². The van der Waals surface area contributed by atoms with Crippen LogP contribution in [0.3, 0.4) is 0 Å². The van der Waals surface area contributed by atoms with Crippen LogP contribution < -0.4 is 19.7 Å². The van der Waals surface area contributed by atoms with Crippen LogP contribution in [0.25, 0.3) is 21.3 Å². The average molecular weight is 1230 g/mol. The number of aromatic nitrogens is 2. The Morgan fingerprint density at radius 3 is 1.90 bits per heavy atom. The molecule has 17 heteroatoms. The van der Waals surface area contributed by atoms with Gasteiger partial charge in [-0.3, -0.25) is 29.5 Å². The number of rotatable bonds is 21. The summed E-state index contributed by atoms with van der Waals surface area (Å²) < 4.78 is 30.4. The second kappa shape index (κ2) is 26.5. The Morgan fingerprint density at radius 1 is 0.702 bits per heavy atom. The molecule has 1 N–H and O–H groups in total. The van der Waals surface area contributed by atoms with Crippen molar-refractivity contribution in [3.05, 3.63) is 129 Å². The van der Waals surface area contributed by atoms with Gasteiger partial charge in [-0.2, -0.15) is 0 Å². The number of para-hydroxylation sites is 1. The van der Waals surface area contributed by atoms with E-state index in [0.717, 1.165) is 113 Å². The highest BCUT2D eigenvalue weighted by Gasteiger charge is 2.53. The number of hydrogen-bond acceptors (Lipinski definition) is 15. The number of pyridine rings is 1. The molecule has 3 aliphatic heterocycles. The number of benzene rings is 4. The summed E-state index contributed by atoms with van der Waals surface area (Å²) in [4.78, 5) is 67.1. The van der Waals surface area contributed by atoms with E-state index in [2.05, 4.69) is 53.9 Å². The minimum atomic E-state index is -0.720. The summed E-state index contributed by atoms with van der Waals surface area (Å²) in [5.41, 5.74) is 7.53. The van der Waals surface area contributed by atoms with Crippen molar-refractivity contribution in [3.63, 3.8) is 0 Å².